The first-order valence-corrected chi connectivity index (χ1v) is 7.60. The minimum absolute atomic E-state index is 0.267. The van der Waals surface area contributed by atoms with Crippen LogP contribution in [-0.4, -0.2) is 28.9 Å². The van der Waals surface area contributed by atoms with Crippen molar-refractivity contribution in [2.24, 2.45) is 5.92 Å². The van der Waals surface area contributed by atoms with Crippen molar-refractivity contribution in [3.8, 4) is 0 Å². The van der Waals surface area contributed by atoms with Gasteiger partial charge in [0.05, 0.1) is 6.42 Å². The van der Waals surface area contributed by atoms with Gasteiger partial charge in [0.25, 0.3) is 0 Å². The van der Waals surface area contributed by atoms with Crippen LogP contribution in [0.1, 0.15) is 31.7 Å². The van der Waals surface area contributed by atoms with Crippen molar-refractivity contribution in [1.29, 1.82) is 0 Å². The van der Waals surface area contributed by atoms with Crippen LogP contribution in [0.4, 0.5) is 0 Å². The summed E-state index contributed by atoms with van der Waals surface area (Å²) in [4.78, 5) is 17.8. The highest BCUT2D eigenvalue weighted by Crippen LogP contribution is 2.30. The van der Waals surface area contributed by atoms with E-state index >= 15 is 0 Å². The third kappa shape index (κ3) is 2.87. The summed E-state index contributed by atoms with van der Waals surface area (Å²) in [5.41, 5.74) is 2.22. The number of hydrogen-bond acceptors (Lipinski definition) is 1. The first-order valence-electron chi connectivity index (χ1n) is 7.60. The lowest BCUT2D eigenvalue weighted by Crippen LogP contribution is -2.34. The van der Waals surface area contributed by atoms with Crippen molar-refractivity contribution in [3.63, 3.8) is 0 Å². The predicted molar refractivity (Wildman–Crippen MR) is 81.6 cm³/mol. The fourth-order valence-corrected chi connectivity index (χ4v) is 2.75. The molecule has 1 saturated carbocycles. The SMILES string of the molecule is CCCN(CC1CC1)C(=O)Cc1c[nH]c2ccccc12. The summed E-state index contributed by atoms with van der Waals surface area (Å²) < 4.78 is 0. The first kappa shape index (κ1) is 13.2. The molecule has 1 fully saturated rings. The molecule has 3 heteroatoms. The summed E-state index contributed by atoms with van der Waals surface area (Å²) in [6.45, 7) is 3.98. The van der Waals surface area contributed by atoms with E-state index in [1.54, 1.807) is 0 Å². The molecule has 3 rings (SSSR count). The maximum atomic E-state index is 12.5. The number of aromatic amines is 1. The molecule has 1 heterocycles. The third-order valence-electron chi connectivity index (χ3n) is 4.04. The smallest absolute Gasteiger partial charge is 0.227 e. The zero-order valence-electron chi connectivity index (χ0n) is 12.1. The van der Waals surface area contributed by atoms with E-state index in [9.17, 15) is 4.79 Å². The highest BCUT2D eigenvalue weighted by Gasteiger charge is 2.26. The van der Waals surface area contributed by atoms with E-state index in [1.807, 2.05) is 18.3 Å². The molecule has 20 heavy (non-hydrogen) atoms. The monoisotopic (exact) mass is 270 g/mol. The van der Waals surface area contributed by atoms with Gasteiger partial charge in [-0.25, -0.2) is 0 Å². The Morgan fingerprint density at radius 3 is 2.90 bits per heavy atom. The van der Waals surface area contributed by atoms with Gasteiger partial charge < -0.3 is 9.88 Å². The Kier molecular flexibility index (Phi) is 3.77. The topological polar surface area (TPSA) is 36.1 Å². The maximum absolute atomic E-state index is 12.5. The van der Waals surface area contributed by atoms with Gasteiger partial charge in [0.1, 0.15) is 0 Å². The maximum Gasteiger partial charge on any atom is 0.227 e. The van der Waals surface area contributed by atoms with Gasteiger partial charge in [0.15, 0.2) is 0 Å². The van der Waals surface area contributed by atoms with E-state index in [4.69, 9.17) is 0 Å². The number of carbonyl (C=O) groups excluding carboxylic acids is 1. The van der Waals surface area contributed by atoms with E-state index in [0.717, 1.165) is 36.5 Å². The molecule has 106 valence electrons. The highest BCUT2D eigenvalue weighted by molar-refractivity contribution is 5.88. The number of benzene rings is 1. The molecular formula is C17H22N2O. The van der Waals surface area contributed by atoms with E-state index in [2.05, 4.69) is 28.9 Å². The van der Waals surface area contributed by atoms with Gasteiger partial charge in [-0.2, -0.15) is 0 Å². The van der Waals surface area contributed by atoms with Gasteiger partial charge in [0, 0.05) is 30.2 Å². The number of aromatic nitrogens is 1. The molecule has 1 N–H and O–H groups in total. The molecule has 2 aromatic rings. The van der Waals surface area contributed by atoms with Gasteiger partial charge in [-0.15, -0.1) is 0 Å². The number of rotatable bonds is 6. The van der Waals surface area contributed by atoms with Crippen LogP contribution in [0.3, 0.4) is 0 Å². The molecule has 3 nitrogen and oxygen atoms in total. The van der Waals surface area contributed by atoms with Crippen LogP contribution in [-0.2, 0) is 11.2 Å². The normalized spacial score (nSPS) is 14.7. The highest BCUT2D eigenvalue weighted by atomic mass is 16.2. The molecule has 1 aliphatic rings. The van der Waals surface area contributed by atoms with Crippen LogP contribution in [0.2, 0.25) is 0 Å². The second-order valence-corrected chi connectivity index (χ2v) is 5.82. The summed E-state index contributed by atoms with van der Waals surface area (Å²) in [6, 6.07) is 8.18. The number of nitrogens with one attached hydrogen (secondary N) is 1. The fraction of sp³-hybridized carbons (Fsp3) is 0.471. The quantitative estimate of drug-likeness (QED) is 0.858. The average Bonchev–Trinajstić information content (AvgIpc) is 3.19. The Bertz CT molecular complexity index is 598. The standard InChI is InChI=1S/C17H22N2O/c1-2-9-19(12-13-7-8-13)17(20)10-14-11-18-16-6-4-3-5-15(14)16/h3-6,11,13,18H,2,7-10,12H2,1H3. The molecular weight excluding hydrogens is 248 g/mol. The van der Waals surface area contributed by atoms with Crippen LogP contribution < -0.4 is 0 Å². The number of carbonyl (C=O) groups is 1. The summed E-state index contributed by atoms with van der Waals surface area (Å²) in [5, 5.41) is 1.17. The molecule has 0 aliphatic heterocycles. The second-order valence-electron chi connectivity index (χ2n) is 5.82. The van der Waals surface area contributed by atoms with Gasteiger partial charge in [-0.3, -0.25) is 4.79 Å². The Morgan fingerprint density at radius 2 is 2.15 bits per heavy atom. The molecule has 0 spiro atoms. The van der Waals surface area contributed by atoms with Crippen LogP contribution in [0, 0.1) is 5.92 Å². The van der Waals surface area contributed by atoms with Crippen molar-refractivity contribution >= 4 is 16.8 Å². The van der Waals surface area contributed by atoms with Crippen molar-refractivity contribution < 1.29 is 4.79 Å². The summed E-state index contributed by atoms with van der Waals surface area (Å²) in [5.74, 6) is 1.02. The molecule has 0 radical (unpaired) electrons. The van der Waals surface area contributed by atoms with Crippen LogP contribution in [0.5, 0.6) is 0 Å². The largest absolute Gasteiger partial charge is 0.361 e. The zero-order valence-corrected chi connectivity index (χ0v) is 12.1. The molecule has 1 aromatic carbocycles. The van der Waals surface area contributed by atoms with E-state index in [-0.39, 0.29) is 5.91 Å². The Balaban J connectivity index is 1.72. The lowest BCUT2D eigenvalue weighted by molar-refractivity contribution is -0.130. The molecule has 0 unspecified atom stereocenters. The molecule has 0 atom stereocenters. The Morgan fingerprint density at radius 1 is 1.35 bits per heavy atom. The van der Waals surface area contributed by atoms with Crippen molar-refractivity contribution in [2.75, 3.05) is 13.1 Å². The van der Waals surface area contributed by atoms with Crippen LogP contribution >= 0.6 is 0 Å². The lowest BCUT2D eigenvalue weighted by Gasteiger charge is -2.22. The minimum Gasteiger partial charge on any atom is -0.361 e. The van der Waals surface area contributed by atoms with Crippen molar-refractivity contribution in [1.82, 2.24) is 9.88 Å². The number of para-hydroxylation sites is 1. The number of hydrogen-bond donors (Lipinski definition) is 1. The lowest BCUT2D eigenvalue weighted by atomic mass is 10.1. The molecule has 1 aliphatic carbocycles. The van der Waals surface area contributed by atoms with Gasteiger partial charge in [-0.1, -0.05) is 25.1 Å². The van der Waals surface area contributed by atoms with E-state index in [1.165, 1.54) is 18.2 Å². The average molecular weight is 270 g/mol. The number of amides is 1. The van der Waals surface area contributed by atoms with Gasteiger partial charge in [0.2, 0.25) is 5.91 Å². The van der Waals surface area contributed by atoms with Crippen LogP contribution in [0.15, 0.2) is 30.5 Å². The summed E-state index contributed by atoms with van der Waals surface area (Å²) in [7, 11) is 0. The van der Waals surface area contributed by atoms with Crippen molar-refractivity contribution in [3.05, 3.63) is 36.0 Å². The van der Waals surface area contributed by atoms with E-state index < -0.39 is 0 Å². The number of nitrogens with zero attached hydrogens (tertiary/aromatic N) is 1. The fourth-order valence-electron chi connectivity index (χ4n) is 2.75. The van der Waals surface area contributed by atoms with Gasteiger partial charge >= 0.3 is 0 Å². The molecule has 1 aromatic heterocycles. The first-order chi connectivity index (χ1) is 9.78. The Hall–Kier alpha value is -1.77. The van der Waals surface area contributed by atoms with Crippen molar-refractivity contribution in [2.45, 2.75) is 32.6 Å². The molecule has 0 bridgehead atoms. The van der Waals surface area contributed by atoms with Crippen LogP contribution in [0.25, 0.3) is 10.9 Å². The second kappa shape index (κ2) is 5.70. The Labute approximate surface area is 120 Å². The third-order valence-corrected chi connectivity index (χ3v) is 4.04. The molecule has 0 saturated heterocycles. The summed E-state index contributed by atoms with van der Waals surface area (Å²) >= 11 is 0. The van der Waals surface area contributed by atoms with Gasteiger partial charge in [-0.05, 0) is 36.8 Å². The number of fused-ring (bicyclic) bond motifs is 1. The molecule has 1 amide bonds. The minimum atomic E-state index is 0.267. The zero-order chi connectivity index (χ0) is 13.9. The predicted octanol–water partition coefficient (Wildman–Crippen LogP) is 3.36. The van der Waals surface area contributed by atoms with E-state index in [0.29, 0.717) is 6.42 Å². The summed E-state index contributed by atoms with van der Waals surface area (Å²) in [6.07, 6.45) is 6.11. The number of H-pyrrole nitrogens is 1.